The fraction of sp³-hybridized carbons (Fsp3) is 0.111. The Morgan fingerprint density at radius 3 is 2.32 bits per heavy atom. The van der Waals surface area contributed by atoms with E-state index in [0.29, 0.717) is 28.3 Å². The number of rotatable bonds is 5. The van der Waals surface area contributed by atoms with Gasteiger partial charge in [0, 0.05) is 41.7 Å². The number of hydrogen-bond donors (Lipinski definition) is 1. The van der Waals surface area contributed by atoms with Crippen molar-refractivity contribution in [3.05, 3.63) is 95.8 Å². The van der Waals surface area contributed by atoms with E-state index in [4.69, 9.17) is 0 Å². The monoisotopic (exact) mass is 503 g/mol. The summed E-state index contributed by atoms with van der Waals surface area (Å²) in [6, 6.07) is 17.0. The van der Waals surface area contributed by atoms with Crippen molar-refractivity contribution in [2.45, 2.75) is 13.1 Å². The quantitative estimate of drug-likeness (QED) is 0.304. The number of nitrogens with one attached hydrogen (secondary N) is 1. The van der Waals surface area contributed by atoms with Gasteiger partial charge >= 0.3 is 6.18 Å². The largest absolute Gasteiger partial charge is 0.417 e. The van der Waals surface area contributed by atoms with Crippen molar-refractivity contribution in [1.29, 1.82) is 0 Å². The molecule has 2 aromatic carbocycles. The van der Waals surface area contributed by atoms with Crippen molar-refractivity contribution in [2.75, 3.05) is 5.32 Å². The molecule has 3 aromatic heterocycles. The molecule has 0 unspecified atom stereocenters. The van der Waals surface area contributed by atoms with Gasteiger partial charge in [0.25, 0.3) is 5.91 Å². The number of benzene rings is 2. The first-order valence-corrected chi connectivity index (χ1v) is 11.2. The Balaban J connectivity index is 1.60. The third kappa shape index (κ3) is 4.61. The normalized spacial score (nSPS) is 11.6. The van der Waals surface area contributed by atoms with Crippen LogP contribution in [-0.4, -0.2) is 30.9 Å². The van der Waals surface area contributed by atoms with Gasteiger partial charge in [-0.1, -0.05) is 30.3 Å². The molecule has 10 heteroatoms. The summed E-state index contributed by atoms with van der Waals surface area (Å²) in [7, 11) is 1.60. The molecular formula is C27H20F3N5O2. The summed E-state index contributed by atoms with van der Waals surface area (Å²) in [6.07, 6.45) is -1.48. The molecule has 7 nitrogen and oxygen atoms in total. The van der Waals surface area contributed by atoms with E-state index >= 15 is 0 Å². The zero-order valence-electron chi connectivity index (χ0n) is 19.7. The maximum atomic E-state index is 13.7. The standard InChI is InChI=1S/C27H20F3N5O2/c1-16(36)18-10-13-35-23(15-18)31-24(17-6-4-3-5-7-17)25(35)32-26(37)19-8-9-21(27(28,29)30)20(14-19)22-11-12-34(2)33-22/h3-15H,1-2H3,(H,32,37). The Labute approximate surface area is 209 Å². The van der Waals surface area contributed by atoms with Crippen LogP contribution in [0.1, 0.15) is 33.2 Å². The molecule has 5 aromatic rings. The van der Waals surface area contributed by atoms with E-state index in [9.17, 15) is 22.8 Å². The summed E-state index contributed by atoms with van der Waals surface area (Å²) in [4.78, 5) is 29.8. The number of Topliss-reactive ketones (excluding diaryl/α,β-unsaturated/α-hetero) is 1. The molecular weight excluding hydrogens is 483 g/mol. The summed E-state index contributed by atoms with van der Waals surface area (Å²) in [5.74, 6) is -0.440. The van der Waals surface area contributed by atoms with E-state index in [1.165, 1.54) is 29.9 Å². The molecule has 37 heavy (non-hydrogen) atoms. The lowest BCUT2D eigenvalue weighted by atomic mass is 10.0. The molecule has 0 aliphatic carbocycles. The van der Waals surface area contributed by atoms with Gasteiger partial charge in [0.2, 0.25) is 0 Å². The molecule has 0 aliphatic rings. The van der Waals surface area contributed by atoms with Crippen LogP contribution in [0.3, 0.4) is 0 Å². The summed E-state index contributed by atoms with van der Waals surface area (Å²) >= 11 is 0. The molecule has 5 rings (SSSR count). The van der Waals surface area contributed by atoms with Gasteiger partial charge < -0.3 is 5.32 Å². The molecule has 0 spiro atoms. The minimum Gasteiger partial charge on any atom is -0.306 e. The van der Waals surface area contributed by atoms with E-state index in [-0.39, 0.29) is 22.6 Å². The lowest BCUT2D eigenvalue weighted by Crippen LogP contribution is -2.16. The van der Waals surface area contributed by atoms with Crippen molar-refractivity contribution in [1.82, 2.24) is 19.2 Å². The number of alkyl halides is 3. The SMILES string of the molecule is CC(=O)c1ccn2c(NC(=O)c3ccc(C(F)(F)F)c(-c4ccn(C)n4)c3)c(-c3ccccc3)nc2c1. The fourth-order valence-electron chi connectivity index (χ4n) is 4.06. The van der Waals surface area contributed by atoms with Crippen LogP contribution in [0.4, 0.5) is 19.0 Å². The Kier molecular flexibility index (Phi) is 5.87. The zero-order chi connectivity index (χ0) is 26.3. The number of pyridine rings is 1. The van der Waals surface area contributed by atoms with Gasteiger partial charge in [-0.2, -0.15) is 18.3 Å². The van der Waals surface area contributed by atoms with Crippen LogP contribution < -0.4 is 5.32 Å². The number of halogens is 3. The number of amides is 1. The molecule has 0 saturated heterocycles. The molecule has 0 bridgehead atoms. The number of anilines is 1. The van der Waals surface area contributed by atoms with E-state index in [0.717, 1.165) is 12.1 Å². The Morgan fingerprint density at radius 1 is 0.919 bits per heavy atom. The Bertz CT molecular complexity index is 1650. The van der Waals surface area contributed by atoms with Crippen LogP contribution in [0.2, 0.25) is 0 Å². The highest BCUT2D eigenvalue weighted by Gasteiger charge is 2.34. The summed E-state index contributed by atoms with van der Waals surface area (Å²) in [5, 5.41) is 6.90. The average molecular weight is 503 g/mol. The van der Waals surface area contributed by atoms with Gasteiger partial charge in [-0.3, -0.25) is 18.7 Å². The maximum absolute atomic E-state index is 13.7. The molecule has 0 radical (unpaired) electrons. The number of nitrogens with zero attached hydrogens (tertiary/aromatic N) is 4. The Morgan fingerprint density at radius 2 is 1.68 bits per heavy atom. The van der Waals surface area contributed by atoms with E-state index in [1.807, 2.05) is 30.3 Å². The van der Waals surface area contributed by atoms with Crippen LogP contribution >= 0.6 is 0 Å². The fourth-order valence-corrected chi connectivity index (χ4v) is 4.06. The first-order valence-electron chi connectivity index (χ1n) is 11.2. The number of carbonyl (C=O) groups is 2. The third-order valence-electron chi connectivity index (χ3n) is 5.89. The highest BCUT2D eigenvalue weighted by atomic mass is 19.4. The molecule has 3 heterocycles. The smallest absolute Gasteiger partial charge is 0.306 e. The van der Waals surface area contributed by atoms with Crippen molar-refractivity contribution in [3.8, 4) is 22.5 Å². The number of hydrogen-bond acceptors (Lipinski definition) is 4. The van der Waals surface area contributed by atoms with Gasteiger partial charge in [0.05, 0.1) is 11.3 Å². The third-order valence-corrected chi connectivity index (χ3v) is 5.89. The highest BCUT2D eigenvalue weighted by molar-refractivity contribution is 6.06. The van der Waals surface area contributed by atoms with Gasteiger partial charge in [0.1, 0.15) is 17.2 Å². The second kappa shape index (κ2) is 9.05. The van der Waals surface area contributed by atoms with E-state index < -0.39 is 17.6 Å². The molecule has 1 N–H and O–H groups in total. The number of ketones is 1. The topological polar surface area (TPSA) is 81.3 Å². The minimum absolute atomic E-state index is 0.0166. The van der Waals surface area contributed by atoms with Crippen molar-refractivity contribution < 1.29 is 22.8 Å². The Hall–Kier alpha value is -4.73. The predicted molar refractivity (Wildman–Crippen MR) is 132 cm³/mol. The van der Waals surface area contributed by atoms with Crippen molar-refractivity contribution >= 4 is 23.2 Å². The number of fused-ring (bicyclic) bond motifs is 1. The van der Waals surface area contributed by atoms with Crippen LogP contribution in [0.15, 0.2) is 79.1 Å². The summed E-state index contributed by atoms with van der Waals surface area (Å²) in [6.45, 7) is 1.44. The van der Waals surface area contributed by atoms with E-state index in [2.05, 4.69) is 15.4 Å². The molecule has 186 valence electrons. The van der Waals surface area contributed by atoms with Crippen molar-refractivity contribution in [3.63, 3.8) is 0 Å². The molecule has 0 fully saturated rings. The average Bonchev–Trinajstić information content (AvgIpc) is 3.47. The summed E-state index contributed by atoms with van der Waals surface area (Å²) in [5.41, 5.74) is 1.08. The number of aryl methyl sites for hydroxylation is 1. The first-order chi connectivity index (χ1) is 17.6. The highest BCUT2D eigenvalue weighted by Crippen LogP contribution is 2.37. The lowest BCUT2D eigenvalue weighted by molar-refractivity contribution is -0.137. The molecule has 0 saturated carbocycles. The minimum atomic E-state index is -4.63. The van der Waals surface area contributed by atoms with Gasteiger partial charge in [-0.25, -0.2) is 4.98 Å². The zero-order valence-corrected chi connectivity index (χ0v) is 19.7. The molecule has 0 atom stereocenters. The maximum Gasteiger partial charge on any atom is 0.417 e. The number of aromatic nitrogens is 4. The van der Waals surface area contributed by atoms with Crippen LogP contribution in [0, 0.1) is 0 Å². The van der Waals surface area contributed by atoms with Gasteiger partial charge in [-0.15, -0.1) is 0 Å². The van der Waals surface area contributed by atoms with Crippen LogP contribution in [0.5, 0.6) is 0 Å². The van der Waals surface area contributed by atoms with Gasteiger partial charge in [0.15, 0.2) is 5.78 Å². The first kappa shape index (κ1) is 24.0. The predicted octanol–water partition coefficient (Wildman–Crippen LogP) is 5.88. The van der Waals surface area contributed by atoms with Crippen LogP contribution in [0.25, 0.3) is 28.2 Å². The molecule has 1 amide bonds. The number of imidazole rings is 1. The molecule has 0 aliphatic heterocycles. The van der Waals surface area contributed by atoms with Gasteiger partial charge in [-0.05, 0) is 43.3 Å². The van der Waals surface area contributed by atoms with E-state index in [1.54, 1.807) is 29.8 Å². The lowest BCUT2D eigenvalue weighted by Gasteiger charge is -2.14. The second-order valence-corrected chi connectivity index (χ2v) is 8.46. The van der Waals surface area contributed by atoms with Crippen molar-refractivity contribution in [2.24, 2.45) is 7.05 Å². The second-order valence-electron chi connectivity index (χ2n) is 8.46. The van der Waals surface area contributed by atoms with Crippen LogP contribution in [-0.2, 0) is 13.2 Å². The number of carbonyl (C=O) groups excluding carboxylic acids is 2. The summed E-state index contributed by atoms with van der Waals surface area (Å²) < 4.78 is 44.2.